The summed E-state index contributed by atoms with van der Waals surface area (Å²) in [4.78, 5) is 12.4. The Morgan fingerprint density at radius 2 is 2.18 bits per heavy atom. The van der Waals surface area contributed by atoms with Gasteiger partial charge in [0.2, 0.25) is 0 Å². The molecular formula is C22H25N3O3. The zero-order valence-electron chi connectivity index (χ0n) is 16.5. The van der Waals surface area contributed by atoms with Gasteiger partial charge in [0.25, 0.3) is 0 Å². The van der Waals surface area contributed by atoms with Crippen molar-refractivity contribution in [1.82, 2.24) is 15.0 Å². The summed E-state index contributed by atoms with van der Waals surface area (Å²) in [6.45, 7) is 4.19. The van der Waals surface area contributed by atoms with Crippen LogP contribution in [0.5, 0.6) is 0 Å². The van der Waals surface area contributed by atoms with Crippen molar-refractivity contribution < 1.29 is 14.6 Å². The lowest BCUT2D eigenvalue weighted by molar-refractivity contribution is -0.143. The molecule has 0 saturated heterocycles. The SMILES string of the molecule is CCOC(=O)CC(c1ccc2c(c1)C(O)CC2)c1ccc2c(nnn2C)c1C. The standard InChI is InChI=1S/C22H25N3O3/c1-4-28-21(27)12-17(15-6-5-14-7-10-20(26)18(14)11-15)16-8-9-19-22(13(16)2)23-24-25(19)3/h5-6,8-9,11,17,20,26H,4,7,10,12H2,1-3H3. The van der Waals surface area contributed by atoms with Gasteiger partial charge in [0, 0.05) is 13.0 Å². The number of aryl methyl sites for hydroxylation is 3. The van der Waals surface area contributed by atoms with Crippen LogP contribution in [0.2, 0.25) is 0 Å². The third-order valence-electron chi connectivity index (χ3n) is 5.75. The lowest BCUT2D eigenvalue weighted by Crippen LogP contribution is -2.13. The molecule has 2 atom stereocenters. The summed E-state index contributed by atoms with van der Waals surface area (Å²) in [5.74, 6) is -0.393. The first kappa shape index (κ1) is 18.6. The number of ether oxygens (including phenoxy) is 1. The van der Waals surface area contributed by atoms with Gasteiger partial charge in [-0.05, 0) is 60.6 Å². The van der Waals surface area contributed by atoms with Crippen molar-refractivity contribution in [2.75, 3.05) is 6.61 Å². The third kappa shape index (κ3) is 3.18. The molecule has 0 spiro atoms. The molecule has 0 radical (unpaired) electrons. The van der Waals surface area contributed by atoms with E-state index in [2.05, 4.69) is 34.6 Å². The van der Waals surface area contributed by atoms with Crippen LogP contribution >= 0.6 is 0 Å². The molecule has 0 saturated carbocycles. The summed E-state index contributed by atoms with van der Waals surface area (Å²) in [5, 5.41) is 18.7. The van der Waals surface area contributed by atoms with Gasteiger partial charge in [0.05, 0.1) is 24.6 Å². The van der Waals surface area contributed by atoms with E-state index in [1.165, 1.54) is 5.56 Å². The highest BCUT2D eigenvalue weighted by Gasteiger charge is 2.26. The van der Waals surface area contributed by atoms with Crippen LogP contribution in [-0.2, 0) is 23.0 Å². The second-order valence-corrected chi connectivity index (χ2v) is 7.44. The van der Waals surface area contributed by atoms with Crippen molar-refractivity contribution in [3.05, 3.63) is 58.1 Å². The molecule has 1 N–H and O–H groups in total. The van der Waals surface area contributed by atoms with Gasteiger partial charge in [-0.25, -0.2) is 4.68 Å². The van der Waals surface area contributed by atoms with Crippen LogP contribution in [0.25, 0.3) is 11.0 Å². The minimum absolute atomic E-state index is 0.163. The molecule has 1 aliphatic rings. The summed E-state index contributed by atoms with van der Waals surface area (Å²) in [5.41, 5.74) is 7.03. The average Bonchev–Trinajstić information content (AvgIpc) is 3.24. The number of aliphatic hydroxyl groups is 1. The molecule has 0 bridgehead atoms. The Morgan fingerprint density at radius 1 is 1.36 bits per heavy atom. The summed E-state index contributed by atoms with van der Waals surface area (Å²) in [7, 11) is 1.87. The summed E-state index contributed by atoms with van der Waals surface area (Å²) >= 11 is 0. The number of rotatable bonds is 5. The Balaban J connectivity index is 1.81. The Morgan fingerprint density at radius 3 is 2.96 bits per heavy atom. The molecule has 146 valence electrons. The third-order valence-corrected chi connectivity index (χ3v) is 5.75. The Kier molecular flexibility index (Phi) is 4.89. The normalized spacial score (nSPS) is 16.9. The number of hydrogen-bond donors (Lipinski definition) is 1. The first-order chi connectivity index (χ1) is 13.5. The second kappa shape index (κ2) is 7.36. The highest BCUT2D eigenvalue weighted by molar-refractivity contribution is 5.80. The molecule has 1 aromatic heterocycles. The number of benzene rings is 2. The Bertz CT molecular complexity index is 1040. The highest BCUT2D eigenvalue weighted by Crippen LogP contribution is 2.38. The number of hydrogen-bond acceptors (Lipinski definition) is 5. The van der Waals surface area contributed by atoms with E-state index >= 15 is 0 Å². The van der Waals surface area contributed by atoms with Gasteiger partial charge in [0.15, 0.2) is 0 Å². The fourth-order valence-corrected chi connectivity index (χ4v) is 4.24. The smallest absolute Gasteiger partial charge is 0.306 e. The number of aromatic nitrogens is 3. The minimum atomic E-state index is -0.429. The number of aliphatic hydroxyl groups excluding tert-OH is 1. The van der Waals surface area contributed by atoms with E-state index in [-0.39, 0.29) is 18.3 Å². The van der Waals surface area contributed by atoms with Crippen LogP contribution in [0.3, 0.4) is 0 Å². The van der Waals surface area contributed by atoms with E-state index in [1.54, 1.807) is 4.68 Å². The maximum absolute atomic E-state index is 12.4. The quantitative estimate of drug-likeness (QED) is 0.688. The van der Waals surface area contributed by atoms with Crippen molar-refractivity contribution in [3.8, 4) is 0 Å². The molecule has 4 rings (SSSR count). The van der Waals surface area contributed by atoms with E-state index < -0.39 is 6.10 Å². The van der Waals surface area contributed by atoms with Crippen molar-refractivity contribution in [2.45, 2.75) is 45.1 Å². The van der Waals surface area contributed by atoms with E-state index in [0.29, 0.717) is 6.61 Å². The van der Waals surface area contributed by atoms with Crippen LogP contribution in [-0.4, -0.2) is 32.7 Å². The molecule has 2 aromatic carbocycles. The number of nitrogens with zero attached hydrogens (tertiary/aromatic N) is 3. The zero-order valence-corrected chi connectivity index (χ0v) is 16.5. The molecule has 0 aliphatic heterocycles. The first-order valence-corrected chi connectivity index (χ1v) is 9.75. The molecular weight excluding hydrogens is 354 g/mol. The van der Waals surface area contributed by atoms with Crippen molar-refractivity contribution >= 4 is 17.0 Å². The van der Waals surface area contributed by atoms with Crippen molar-refractivity contribution in [3.63, 3.8) is 0 Å². The maximum Gasteiger partial charge on any atom is 0.306 e. The van der Waals surface area contributed by atoms with Crippen LogP contribution < -0.4 is 0 Å². The molecule has 0 fully saturated rings. The van der Waals surface area contributed by atoms with Crippen LogP contribution in [0, 0.1) is 6.92 Å². The van der Waals surface area contributed by atoms with E-state index in [4.69, 9.17) is 4.74 Å². The molecule has 1 heterocycles. The predicted molar refractivity (Wildman–Crippen MR) is 106 cm³/mol. The summed E-state index contributed by atoms with van der Waals surface area (Å²) in [6.07, 6.45) is 1.47. The number of esters is 1. The van der Waals surface area contributed by atoms with E-state index in [1.807, 2.05) is 27.0 Å². The van der Waals surface area contributed by atoms with Crippen LogP contribution in [0.1, 0.15) is 59.6 Å². The Labute approximate surface area is 164 Å². The maximum atomic E-state index is 12.4. The molecule has 1 aliphatic carbocycles. The van der Waals surface area contributed by atoms with Gasteiger partial charge >= 0.3 is 5.97 Å². The van der Waals surface area contributed by atoms with Gasteiger partial charge in [-0.1, -0.05) is 29.5 Å². The molecule has 0 amide bonds. The second-order valence-electron chi connectivity index (χ2n) is 7.44. The van der Waals surface area contributed by atoms with Gasteiger partial charge in [-0.3, -0.25) is 4.79 Å². The average molecular weight is 379 g/mol. The van der Waals surface area contributed by atoms with E-state index in [9.17, 15) is 9.90 Å². The van der Waals surface area contributed by atoms with Gasteiger partial charge in [-0.15, -0.1) is 5.10 Å². The molecule has 3 aromatic rings. The van der Waals surface area contributed by atoms with Crippen LogP contribution in [0.4, 0.5) is 0 Å². The van der Waals surface area contributed by atoms with E-state index in [0.717, 1.165) is 46.1 Å². The lowest BCUT2D eigenvalue weighted by atomic mass is 9.84. The Hall–Kier alpha value is -2.73. The topological polar surface area (TPSA) is 77.2 Å². The molecule has 28 heavy (non-hydrogen) atoms. The summed E-state index contributed by atoms with van der Waals surface area (Å²) < 4.78 is 6.99. The fraction of sp³-hybridized carbons (Fsp3) is 0.409. The number of carbonyl (C=O) groups excluding carboxylic acids is 1. The van der Waals surface area contributed by atoms with Crippen LogP contribution in [0.15, 0.2) is 30.3 Å². The monoisotopic (exact) mass is 379 g/mol. The number of fused-ring (bicyclic) bond motifs is 2. The van der Waals surface area contributed by atoms with Gasteiger partial charge in [0.1, 0.15) is 5.52 Å². The lowest BCUT2D eigenvalue weighted by Gasteiger charge is -2.21. The summed E-state index contributed by atoms with van der Waals surface area (Å²) in [6, 6.07) is 10.3. The molecule has 6 nitrogen and oxygen atoms in total. The number of carbonyl (C=O) groups is 1. The fourth-order valence-electron chi connectivity index (χ4n) is 4.24. The van der Waals surface area contributed by atoms with Gasteiger partial charge in [-0.2, -0.15) is 0 Å². The first-order valence-electron chi connectivity index (χ1n) is 9.75. The van der Waals surface area contributed by atoms with Crippen molar-refractivity contribution in [2.24, 2.45) is 7.05 Å². The van der Waals surface area contributed by atoms with Gasteiger partial charge < -0.3 is 9.84 Å². The molecule has 2 unspecified atom stereocenters. The van der Waals surface area contributed by atoms with Crippen molar-refractivity contribution in [1.29, 1.82) is 0 Å². The highest BCUT2D eigenvalue weighted by atomic mass is 16.5. The zero-order chi connectivity index (χ0) is 19.8. The minimum Gasteiger partial charge on any atom is -0.466 e. The molecule has 6 heteroatoms. The largest absolute Gasteiger partial charge is 0.466 e. The predicted octanol–water partition coefficient (Wildman–Crippen LogP) is 3.34.